The van der Waals surface area contributed by atoms with Crippen molar-refractivity contribution >= 4 is 11.7 Å². The Labute approximate surface area is 214 Å². The highest BCUT2D eigenvalue weighted by Gasteiger charge is 2.49. The maximum absolute atomic E-state index is 13.2. The summed E-state index contributed by atoms with van der Waals surface area (Å²) in [6.07, 6.45) is 2.07. The highest BCUT2D eigenvalue weighted by atomic mass is 16.2. The van der Waals surface area contributed by atoms with Crippen LogP contribution in [0.25, 0.3) is 0 Å². The van der Waals surface area contributed by atoms with Gasteiger partial charge in [0.15, 0.2) is 0 Å². The van der Waals surface area contributed by atoms with E-state index in [0.29, 0.717) is 25.0 Å². The number of nitrogens with zero attached hydrogens (tertiary/aromatic N) is 2. The summed E-state index contributed by atoms with van der Waals surface area (Å²) in [4.78, 5) is 17.7. The second-order valence-corrected chi connectivity index (χ2v) is 9.82. The molecule has 0 unspecified atom stereocenters. The zero-order valence-electron chi connectivity index (χ0n) is 20.9. The van der Waals surface area contributed by atoms with Gasteiger partial charge in [0.1, 0.15) is 0 Å². The molecule has 184 valence electrons. The second-order valence-electron chi connectivity index (χ2n) is 9.82. The molecule has 5 rings (SSSR count). The monoisotopic (exact) mass is 478 g/mol. The fourth-order valence-electron chi connectivity index (χ4n) is 5.48. The van der Waals surface area contributed by atoms with Crippen molar-refractivity contribution in [2.45, 2.75) is 37.8 Å². The number of carbonyl (C=O) groups excluding carboxylic acids is 1. The molecule has 2 fully saturated rings. The Morgan fingerprint density at radius 2 is 1.58 bits per heavy atom. The topological polar surface area (TPSA) is 61.6 Å². The summed E-state index contributed by atoms with van der Waals surface area (Å²) in [6, 6.07) is 27.1. The van der Waals surface area contributed by atoms with Gasteiger partial charge in [-0.15, -0.1) is 0 Å². The van der Waals surface area contributed by atoms with Crippen molar-refractivity contribution in [1.29, 1.82) is 0 Å². The van der Waals surface area contributed by atoms with E-state index in [1.54, 1.807) is 0 Å². The first-order valence-corrected chi connectivity index (χ1v) is 12.9. The molecule has 0 bridgehead atoms. The van der Waals surface area contributed by atoms with Crippen molar-refractivity contribution in [1.82, 2.24) is 9.80 Å². The average molecular weight is 479 g/mol. The van der Waals surface area contributed by atoms with E-state index in [2.05, 4.69) is 46.3 Å². The van der Waals surface area contributed by atoms with Crippen LogP contribution in [0.1, 0.15) is 41.0 Å². The van der Waals surface area contributed by atoms with Gasteiger partial charge in [0, 0.05) is 54.5 Å². The number of hydrogen-bond donors (Lipinski definition) is 2. The predicted octanol–water partition coefficient (Wildman–Crippen LogP) is 4.82. The number of rotatable bonds is 3. The van der Waals surface area contributed by atoms with Gasteiger partial charge < -0.3 is 16.0 Å². The molecule has 2 saturated heterocycles. The van der Waals surface area contributed by atoms with Crippen molar-refractivity contribution in [2.75, 3.05) is 31.5 Å². The molecule has 2 heterocycles. The quantitative estimate of drug-likeness (QED) is 0.531. The van der Waals surface area contributed by atoms with Crippen LogP contribution in [-0.2, 0) is 0 Å². The lowest BCUT2D eigenvalue weighted by Crippen LogP contribution is -2.68. The molecule has 0 aromatic heterocycles. The molecular weight excluding hydrogens is 444 g/mol. The minimum atomic E-state index is -0.0258. The number of carbonyl (C=O) groups is 1. The second kappa shape index (κ2) is 11.0. The fourth-order valence-corrected chi connectivity index (χ4v) is 5.48. The molecule has 2 aliphatic heterocycles. The summed E-state index contributed by atoms with van der Waals surface area (Å²) in [5, 5.41) is 3.09. The zero-order valence-corrected chi connectivity index (χ0v) is 20.9. The van der Waals surface area contributed by atoms with Gasteiger partial charge in [-0.2, -0.15) is 0 Å². The van der Waals surface area contributed by atoms with Crippen LogP contribution in [-0.4, -0.2) is 54.1 Å². The van der Waals surface area contributed by atoms with Gasteiger partial charge in [0.2, 0.25) is 0 Å². The molecule has 3 N–H and O–H groups in total. The summed E-state index contributed by atoms with van der Waals surface area (Å²) >= 11 is 0. The van der Waals surface area contributed by atoms with Gasteiger partial charge >= 0.3 is 6.03 Å². The van der Waals surface area contributed by atoms with Gasteiger partial charge in [-0.3, -0.25) is 4.90 Å². The van der Waals surface area contributed by atoms with Crippen LogP contribution in [0.4, 0.5) is 10.5 Å². The molecule has 0 radical (unpaired) electrons. The predicted molar refractivity (Wildman–Crippen MR) is 146 cm³/mol. The molecular formula is C31H34N4O. The Morgan fingerprint density at radius 1 is 0.917 bits per heavy atom. The number of anilines is 1. The summed E-state index contributed by atoms with van der Waals surface area (Å²) < 4.78 is 0. The van der Waals surface area contributed by atoms with E-state index in [1.807, 2.05) is 66.4 Å². The number of amides is 2. The number of hydrogen-bond acceptors (Lipinski definition) is 3. The first-order chi connectivity index (χ1) is 17.6. The van der Waals surface area contributed by atoms with Crippen molar-refractivity contribution in [3.8, 4) is 11.8 Å². The average Bonchev–Trinajstić information content (AvgIpc) is 2.89. The molecule has 2 amide bonds. The Balaban J connectivity index is 1.31. The van der Waals surface area contributed by atoms with Crippen LogP contribution in [0.15, 0.2) is 78.9 Å². The van der Waals surface area contributed by atoms with Crippen LogP contribution in [0.5, 0.6) is 0 Å². The normalized spacial score (nSPS) is 21.7. The lowest BCUT2D eigenvalue weighted by molar-refractivity contribution is -0.0305. The van der Waals surface area contributed by atoms with Crippen LogP contribution in [0.3, 0.4) is 0 Å². The SMILES string of the molecule is Cc1ccc(NC(=O)N2CCCCN3[C@@H](CN)[C@H](c4ccc(C#Cc5ccccc5)cc4)[C@@H]3C2)cc1. The standard InChI is InChI=1S/C31H34N4O/c1-23-9-17-27(18-10-23)33-31(36)34-19-5-6-20-35-28(21-32)30(29(35)22-34)26-15-13-25(14-16-26)12-11-24-7-3-2-4-8-24/h2-4,7-10,13-18,28-30H,5-6,19-22,32H2,1H3,(H,33,36)/t28-,29-,30-/m0/s1. The Hall–Kier alpha value is -3.59. The summed E-state index contributed by atoms with van der Waals surface area (Å²) in [6.45, 7) is 5.18. The molecule has 0 spiro atoms. The Kier molecular flexibility index (Phi) is 7.36. The smallest absolute Gasteiger partial charge is 0.321 e. The molecule has 3 aromatic carbocycles. The van der Waals surface area contributed by atoms with Crippen molar-refractivity contribution in [2.24, 2.45) is 5.73 Å². The van der Waals surface area contributed by atoms with Gasteiger partial charge in [-0.1, -0.05) is 59.9 Å². The third-order valence-corrected chi connectivity index (χ3v) is 7.43. The lowest BCUT2D eigenvalue weighted by Gasteiger charge is -2.57. The molecule has 5 nitrogen and oxygen atoms in total. The Bertz CT molecular complexity index is 1230. The zero-order chi connectivity index (χ0) is 24.9. The van der Waals surface area contributed by atoms with E-state index in [4.69, 9.17) is 5.73 Å². The van der Waals surface area contributed by atoms with Crippen molar-refractivity contribution in [3.63, 3.8) is 0 Å². The summed E-state index contributed by atoms with van der Waals surface area (Å²) in [5.41, 5.74) is 11.6. The molecule has 0 saturated carbocycles. The van der Waals surface area contributed by atoms with Gasteiger partial charge in [0.05, 0.1) is 0 Å². The van der Waals surface area contributed by atoms with E-state index in [0.717, 1.165) is 42.7 Å². The number of urea groups is 1. The van der Waals surface area contributed by atoms with Gasteiger partial charge in [0.25, 0.3) is 0 Å². The Morgan fingerprint density at radius 3 is 2.28 bits per heavy atom. The first-order valence-electron chi connectivity index (χ1n) is 12.9. The number of nitrogens with two attached hydrogens (primary N) is 1. The molecule has 2 aliphatic rings. The lowest BCUT2D eigenvalue weighted by atomic mass is 9.74. The first kappa shape index (κ1) is 24.1. The summed E-state index contributed by atoms with van der Waals surface area (Å²) in [5.74, 6) is 6.80. The van der Waals surface area contributed by atoms with E-state index < -0.39 is 0 Å². The minimum Gasteiger partial charge on any atom is -0.329 e. The van der Waals surface area contributed by atoms with E-state index in [9.17, 15) is 4.79 Å². The highest BCUT2D eigenvalue weighted by Crippen LogP contribution is 2.41. The number of nitrogens with one attached hydrogen (secondary N) is 1. The molecule has 0 aliphatic carbocycles. The van der Waals surface area contributed by atoms with Crippen molar-refractivity contribution < 1.29 is 4.79 Å². The third kappa shape index (κ3) is 5.31. The van der Waals surface area contributed by atoms with Gasteiger partial charge in [-0.05, 0) is 68.3 Å². The highest BCUT2D eigenvalue weighted by molar-refractivity contribution is 5.89. The largest absolute Gasteiger partial charge is 0.329 e. The van der Waals surface area contributed by atoms with E-state index in [1.165, 1.54) is 11.1 Å². The molecule has 5 heteroatoms. The fraction of sp³-hybridized carbons (Fsp3) is 0.323. The van der Waals surface area contributed by atoms with Crippen LogP contribution in [0, 0.1) is 18.8 Å². The van der Waals surface area contributed by atoms with E-state index in [-0.39, 0.29) is 12.1 Å². The van der Waals surface area contributed by atoms with Gasteiger partial charge in [-0.25, -0.2) is 4.79 Å². The third-order valence-electron chi connectivity index (χ3n) is 7.43. The van der Waals surface area contributed by atoms with Crippen molar-refractivity contribution in [3.05, 3.63) is 101 Å². The van der Waals surface area contributed by atoms with Crippen LogP contribution < -0.4 is 11.1 Å². The number of fused-ring (bicyclic) bond motifs is 1. The maximum atomic E-state index is 13.2. The number of benzene rings is 3. The maximum Gasteiger partial charge on any atom is 0.321 e. The molecule has 3 aromatic rings. The molecule has 36 heavy (non-hydrogen) atoms. The van der Waals surface area contributed by atoms with Crippen LogP contribution in [0.2, 0.25) is 0 Å². The van der Waals surface area contributed by atoms with E-state index >= 15 is 0 Å². The molecule has 3 atom stereocenters. The minimum absolute atomic E-state index is 0.0258. The van der Waals surface area contributed by atoms with Crippen LogP contribution >= 0.6 is 0 Å². The summed E-state index contributed by atoms with van der Waals surface area (Å²) in [7, 11) is 0. The number of aryl methyl sites for hydroxylation is 1.